The molecule has 0 aromatic heterocycles. The number of carbonyl (C=O) groups is 1. The summed E-state index contributed by atoms with van der Waals surface area (Å²) in [5, 5.41) is 2.62. The van der Waals surface area contributed by atoms with Crippen LogP contribution < -0.4 is 10.1 Å². The van der Waals surface area contributed by atoms with Gasteiger partial charge in [-0.15, -0.1) is 6.58 Å². The number of nitrogens with one attached hydrogen (secondary N) is 1. The largest absolute Gasteiger partial charge is 0.497 e. The number of alkyl carbamates (subject to hydrolysis) is 1. The number of rotatable bonds is 6. The average molecular weight is 235 g/mol. The van der Waals surface area contributed by atoms with Crippen molar-refractivity contribution in [3.05, 3.63) is 42.5 Å². The highest BCUT2D eigenvalue weighted by Gasteiger charge is 2.01. The summed E-state index contributed by atoms with van der Waals surface area (Å²) in [4.78, 5) is 11.2. The molecule has 4 heteroatoms. The molecule has 0 saturated carbocycles. The molecule has 0 heterocycles. The van der Waals surface area contributed by atoms with Gasteiger partial charge in [0.25, 0.3) is 0 Å². The molecule has 0 aliphatic carbocycles. The molecule has 0 bridgehead atoms. The number of methoxy groups -OCH3 is 1. The standard InChI is InChI=1S/C13H17NO3/c1-3-4-9-14-13(15)17-10-11-5-7-12(16-2)8-6-11/h3,5-8H,1,4,9-10H2,2H3,(H,14,15). The summed E-state index contributed by atoms with van der Waals surface area (Å²) in [7, 11) is 1.61. The van der Waals surface area contributed by atoms with Gasteiger partial charge in [-0.3, -0.25) is 0 Å². The molecule has 1 aromatic carbocycles. The van der Waals surface area contributed by atoms with E-state index in [9.17, 15) is 4.79 Å². The topological polar surface area (TPSA) is 47.6 Å². The average Bonchev–Trinajstić information content (AvgIpc) is 2.37. The maximum atomic E-state index is 11.2. The fraction of sp³-hybridized carbons (Fsp3) is 0.308. The molecule has 0 atom stereocenters. The Bertz CT molecular complexity index is 359. The smallest absolute Gasteiger partial charge is 0.407 e. The molecule has 0 aliphatic rings. The molecule has 1 aromatic rings. The first kappa shape index (κ1) is 13.1. The Hall–Kier alpha value is -1.97. The summed E-state index contributed by atoms with van der Waals surface area (Å²) in [6.07, 6.45) is 2.06. The minimum Gasteiger partial charge on any atom is -0.497 e. The highest BCUT2D eigenvalue weighted by molar-refractivity contribution is 5.67. The summed E-state index contributed by atoms with van der Waals surface area (Å²) < 4.78 is 10.1. The molecule has 0 fully saturated rings. The van der Waals surface area contributed by atoms with Crippen molar-refractivity contribution in [2.45, 2.75) is 13.0 Å². The normalized spacial score (nSPS) is 9.47. The summed E-state index contributed by atoms with van der Waals surface area (Å²) >= 11 is 0. The first-order chi connectivity index (χ1) is 8.26. The first-order valence-corrected chi connectivity index (χ1v) is 5.40. The molecule has 4 nitrogen and oxygen atoms in total. The Labute approximate surface area is 101 Å². The molecular formula is C13H17NO3. The van der Waals surface area contributed by atoms with Gasteiger partial charge in [-0.1, -0.05) is 18.2 Å². The Kier molecular flexibility index (Phi) is 5.64. The van der Waals surface area contributed by atoms with E-state index in [-0.39, 0.29) is 6.61 Å². The number of benzene rings is 1. The van der Waals surface area contributed by atoms with E-state index < -0.39 is 6.09 Å². The van der Waals surface area contributed by atoms with Crippen molar-refractivity contribution < 1.29 is 14.3 Å². The summed E-state index contributed by atoms with van der Waals surface area (Å²) in [6, 6.07) is 7.37. The summed E-state index contributed by atoms with van der Waals surface area (Å²) in [5.41, 5.74) is 0.921. The van der Waals surface area contributed by atoms with E-state index in [4.69, 9.17) is 9.47 Å². The van der Waals surface area contributed by atoms with Crippen molar-refractivity contribution in [1.82, 2.24) is 5.32 Å². The molecule has 92 valence electrons. The first-order valence-electron chi connectivity index (χ1n) is 5.40. The van der Waals surface area contributed by atoms with Crippen LogP contribution in [0.25, 0.3) is 0 Å². The molecule has 1 N–H and O–H groups in total. The monoisotopic (exact) mass is 235 g/mol. The van der Waals surface area contributed by atoms with Gasteiger partial charge < -0.3 is 14.8 Å². The number of hydrogen-bond acceptors (Lipinski definition) is 3. The van der Waals surface area contributed by atoms with Crippen LogP contribution in [0.3, 0.4) is 0 Å². The third-order valence-corrected chi connectivity index (χ3v) is 2.15. The molecular weight excluding hydrogens is 218 g/mol. The third kappa shape index (κ3) is 5.06. The number of amides is 1. The predicted molar refractivity (Wildman–Crippen MR) is 66.0 cm³/mol. The second kappa shape index (κ2) is 7.33. The Morgan fingerprint density at radius 1 is 1.41 bits per heavy atom. The van der Waals surface area contributed by atoms with Crippen LogP contribution in [0.4, 0.5) is 4.79 Å². The predicted octanol–water partition coefficient (Wildman–Crippen LogP) is 2.50. The van der Waals surface area contributed by atoms with Crippen molar-refractivity contribution in [3.8, 4) is 5.75 Å². The van der Waals surface area contributed by atoms with Gasteiger partial charge in [0.05, 0.1) is 7.11 Å². The van der Waals surface area contributed by atoms with Gasteiger partial charge in [0.2, 0.25) is 0 Å². The molecule has 1 amide bonds. The fourth-order valence-electron chi connectivity index (χ4n) is 1.20. The third-order valence-electron chi connectivity index (χ3n) is 2.15. The van der Waals surface area contributed by atoms with Crippen molar-refractivity contribution in [2.75, 3.05) is 13.7 Å². The van der Waals surface area contributed by atoms with Crippen LogP contribution in [-0.2, 0) is 11.3 Å². The van der Waals surface area contributed by atoms with Crippen LogP contribution in [0.5, 0.6) is 5.75 Å². The van der Waals surface area contributed by atoms with Gasteiger partial charge in [0.15, 0.2) is 0 Å². The van der Waals surface area contributed by atoms with Gasteiger partial charge >= 0.3 is 6.09 Å². The molecule has 0 aliphatic heterocycles. The SMILES string of the molecule is C=CCCNC(=O)OCc1ccc(OC)cc1. The van der Waals surface area contributed by atoms with Gasteiger partial charge in [-0.25, -0.2) is 4.79 Å². The zero-order chi connectivity index (χ0) is 12.5. The summed E-state index contributed by atoms with van der Waals surface area (Å²) in [5.74, 6) is 0.782. The van der Waals surface area contributed by atoms with Crippen molar-refractivity contribution in [2.24, 2.45) is 0 Å². The minimum atomic E-state index is -0.414. The second-order valence-electron chi connectivity index (χ2n) is 3.43. The van der Waals surface area contributed by atoms with E-state index in [2.05, 4.69) is 11.9 Å². The highest BCUT2D eigenvalue weighted by Crippen LogP contribution is 2.11. The lowest BCUT2D eigenvalue weighted by Gasteiger charge is -2.06. The van der Waals surface area contributed by atoms with E-state index in [1.807, 2.05) is 24.3 Å². The van der Waals surface area contributed by atoms with Crippen LogP contribution in [0, 0.1) is 0 Å². The maximum Gasteiger partial charge on any atom is 0.407 e. The molecule has 0 spiro atoms. The van der Waals surface area contributed by atoms with Gasteiger partial charge in [-0.05, 0) is 24.1 Å². The van der Waals surface area contributed by atoms with E-state index in [0.29, 0.717) is 6.54 Å². The number of hydrogen-bond donors (Lipinski definition) is 1. The number of carbonyl (C=O) groups excluding carboxylic acids is 1. The Morgan fingerprint density at radius 2 is 2.12 bits per heavy atom. The molecule has 0 radical (unpaired) electrons. The molecule has 1 rings (SSSR count). The Morgan fingerprint density at radius 3 is 2.71 bits per heavy atom. The van der Waals surface area contributed by atoms with E-state index >= 15 is 0 Å². The number of ether oxygens (including phenoxy) is 2. The van der Waals surface area contributed by atoms with Gasteiger partial charge in [-0.2, -0.15) is 0 Å². The Balaban J connectivity index is 2.29. The maximum absolute atomic E-state index is 11.2. The van der Waals surface area contributed by atoms with Gasteiger partial charge in [0.1, 0.15) is 12.4 Å². The van der Waals surface area contributed by atoms with Crippen molar-refractivity contribution in [1.29, 1.82) is 0 Å². The van der Waals surface area contributed by atoms with Crippen molar-refractivity contribution >= 4 is 6.09 Å². The quantitative estimate of drug-likeness (QED) is 0.608. The van der Waals surface area contributed by atoms with Gasteiger partial charge in [0, 0.05) is 6.54 Å². The van der Waals surface area contributed by atoms with Crippen molar-refractivity contribution in [3.63, 3.8) is 0 Å². The lowest BCUT2D eigenvalue weighted by Crippen LogP contribution is -2.24. The lowest BCUT2D eigenvalue weighted by atomic mass is 10.2. The minimum absolute atomic E-state index is 0.254. The zero-order valence-electron chi connectivity index (χ0n) is 9.94. The van der Waals surface area contributed by atoms with E-state index in [1.54, 1.807) is 13.2 Å². The molecule has 17 heavy (non-hydrogen) atoms. The molecule has 0 saturated heterocycles. The van der Waals surface area contributed by atoms with Crippen LogP contribution in [0.2, 0.25) is 0 Å². The van der Waals surface area contributed by atoms with Crippen LogP contribution >= 0.6 is 0 Å². The zero-order valence-corrected chi connectivity index (χ0v) is 9.94. The second-order valence-corrected chi connectivity index (χ2v) is 3.43. The summed E-state index contributed by atoms with van der Waals surface area (Å²) in [6.45, 7) is 4.36. The highest BCUT2D eigenvalue weighted by atomic mass is 16.5. The van der Waals surface area contributed by atoms with Crippen LogP contribution in [0.15, 0.2) is 36.9 Å². The van der Waals surface area contributed by atoms with Crippen LogP contribution in [-0.4, -0.2) is 19.7 Å². The van der Waals surface area contributed by atoms with E-state index in [0.717, 1.165) is 17.7 Å². The lowest BCUT2D eigenvalue weighted by molar-refractivity contribution is 0.140. The fourth-order valence-corrected chi connectivity index (χ4v) is 1.20. The molecule has 0 unspecified atom stereocenters. The van der Waals surface area contributed by atoms with Crippen LogP contribution in [0.1, 0.15) is 12.0 Å². The van der Waals surface area contributed by atoms with E-state index in [1.165, 1.54) is 0 Å².